The molecule has 0 bridgehead atoms. The Hall–Kier alpha value is -0.660. The summed E-state index contributed by atoms with van der Waals surface area (Å²) in [5.41, 5.74) is 4.90. The van der Waals surface area contributed by atoms with Crippen LogP contribution in [0.1, 0.15) is 13.8 Å². The van der Waals surface area contributed by atoms with Crippen molar-refractivity contribution in [2.24, 2.45) is 5.73 Å². The molecule has 0 fully saturated rings. The van der Waals surface area contributed by atoms with Gasteiger partial charge in [0, 0.05) is 19.4 Å². The average Bonchev–Trinajstić information content (AvgIpc) is 1.75. The van der Waals surface area contributed by atoms with Crippen molar-refractivity contribution in [1.29, 1.82) is 0 Å². The Balaban J connectivity index is 0. The van der Waals surface area contributed by atoms with Gasteiger partial charge in [0.25, 0.3) is 0 Å². The first kappa shape index (κ1) is 9.60. The van der Waals surface area contributed by atoms with Gasteiger partial charge in [-0.3, -0.25) is 0 Å². The summed E-state index contributed by atoms with van der Waals surface area (Å²) in [6, 6.07) is 0. The zero-order valence-electron chi connectivity index (χ0n) is 5.23. The van der Waals surface area contributed by atoms with Gasteiger partial charge in [0.05, 0.1) is 0 Å². The molecular weight excluding hydrogens is 88.1 g/mol. The fourth-order valence-electron chi connectivity index (χ4n) is 0.0962. The van der Waals surface area contributed by atoms with Crippen LogP contribution in [0.2, 0.25) is 0 Å². The van der Waals surface area contributed by atoms with Gasteiger partial charge >= 0.3 is 0 Å². The molecule has 2 heteroatoms. The highest BCUT2D eigenvalue weighted by Crippen LogP contribution is 1.41. The smallest absolute Gasteiger partial charge is 0.0119 e. The lowest BCUT2D eigenvalue weighted by Crippen LogP contribution is -1.93. The summed E-state index contributed by atoms with van der Waals surface area (Å²) in [6.07, 6.45) is 3.10. The van der Waals surface area contributed by atoms with Crippen LogP contribution in [0, 0.1) is 0 Å². The van der Waals surface area contributed by atoms with Crippen molar-refractivity contribution < 1.29 is 0 Å². The first-order valence-corrected chi connectivity index (χ1v) is 2.46. The predicted molar refractivity (Wildman–Crippen MR) is 33.7 cm³/mol. The molecule has 0 amide bonds. The highest BCUT2D eigenvalue weighted by Gasteiger charge is 1.45. The van der Waals surface area contributed by atoms with E-state index in [9.17, 15) is 0 Å². The standard InChI is InChI=1S/C3H8N2.C2H6/c1-5-3-2-4;1-2/h2-3,5H,4H2,1H3;1-2H3/b3-2-;. The Kier molecular flexibility index (Phi) is 25.2. The van der Waals surface area contributed by atoms with E-state index in [0.29, 0.717) is 0 Å². The fourth-order valence-corrected chi connectivity index (χ4v) is 0.0962. The molecule has 0 heterocycles. The summed E-state index contributed by atoms with van der Waals surface area (Å²) in [7, 11) is 1.80. The normalized spacial score (nSPS) is 7.29. The predicted octanol–water partition coefficient (Wildman–Crippen LogP) is 0.662. The topological polar surface area (TPSA) is 38.0 Å². The van der Waals surface area contributed by atoms with E-state index in [0.717, 1.165) is 0 Å². The second-order valence-corrected chi connectivity index (χ2v) is 0.648. The zero-order valence-corrected chi connectivity index (χ0v) is 5.23. The molecule has 3 N–H and O–H groups in total. The molecule has 44 valence electrons. The van der Waals surface area contributed by atoms with E-state index in [2.05, 4.69) is 5.32 Å². The molecule has 0 aromatic heterocycles. The quantitative estimate of drug-likeness (QED) is 0.510. The second kappa shape index (κ2) is 18.4. The van der Waals surface area contributed by atoms with Gasteiger partial charge in [0.1, 0.15) is 0 Å². The summed E-state index contributed by atoms with van der Waals surface area (Å²) in [5, 5.41) is 2.71. The Morgan fingerprint density at radius 3 is 1.86 bits per heavy atom. The summed E-state index contributed by atoms with van der Waals surface area (Å²) >= 11 is 0. The summed E-state index contributed by atoms with van der Waals surface area (Å²) < 4.78 is 0. The fraction of sp³-hybridized carbons (Fsp3) is 0.600. The third-order valence-electron chi connectivity index (χ3n) is 0.263. The molecule has 0 saturated carbocycles. The minimum Gasteiger partial charge on any atom is -0.403 e. The van der Waals surface area contributed by atoms with Crippen molar-refractivity contribution in [3.8, 4) is 0 Å². The maximum Gasteiger partial charge on any atom is 0.0119 e. The largest absolute Gasteiger partial charge is 0.403 e. The molecule has 7 heavy (non-hydrogen) atoms. The molecule has 0 rings (SSSR count). The lowest BCUT2D eigenvalue weighted by atomic mass is 10.9. The van der Waals surface area contributed by atoms with Gasteiger partial charge in [-0.05, 0) is 0 Å². The van der Waals surface area contributed by atoms with Crippen molar-refractivity contribution in [2.75, 3.05) is 7.05 Å². The van der Waals surface area contributed by atoms with Gasteiger partial charge < -0.3 is 11.1 Å². The molecule has 0 aliphatic carbocycles. The van der Waals surface area contributed by atoms with Crippen molar-refractivity contribution in [1.82, 2.24) is 5.32 Å². The monoisotopic (exact) mass is 102 g/mol. The maximum absolute atomic E-state index is 4.90. The molecule has 0 unspecified atom stereocenters. The summed E-state index contributed by atoms with van der Waals surface area (Å²) in [5.74, 6) is 0. The maximum atomic E-state index is 4.90. The van der Waals surface area contributed by atoms with Gasteiger partial charge in [-0.2, -0.15) is 0 Å². The molecule has 0 aliphatic heterocycles. The number of nitrogens with two attached hydrogens (primary N) is 1. The van der Waals surface area contributed by atoms with Crippen LogP contribution in [-0.2, 0) is 0 Å². The van der Waals surface area contributed by atoms with Crippen LogP contribution in [0.25, 0.3) is 0 Å². The van der Waals surface area contributed by atoms with Crippen molar-refractivity contribution >= 4 is 0 Å². The molecule has 0 aromatic carbocycles. The van der Waals surface area contributed by atoms with Crippen LogP contribution in [0.15, 0.2) is 12.4 Å². The lowest BCUT2D eigenvalue weighted by molar-refractivity contribution is 1.09. The van der Waals surface area contributed by atoms with E-state index in [1.165, 1.54) is 6.20 Å². The number of hydrogen-bond acceptors (Lipinski definition) is 2. The van der Waals surface area contributed by atoms with E-state index < -0.39 is 0 Å². The first-order chi connectivity index (χ1) is 3.41. The zero-order chi connectivity index (χ0) is 6.12. The van der Waals surface area contributed by atoms with Crippen molar-refractivity contribution in [2.45, 2.75) is 13.8 Å². The van der Waals surface area contributed by atoms with E-state index in [4.69, 9.17) is 5.73 Å². The molecule has 0 aromatic rings. The molecule has 0 spiro atoms. The molecular formula is C5H14N2. The Labute approximate surface area is 45.4 Å². The highest BCUT2D eigenvalue weighted by atomic mass is 14.8. The van der Waals surface area contributed by atoms with Crippen molar-refractivity contribution in [3.63, 3.8) is 0 Å². The molecule has 0 radical (unpaired) electrons. The van der Waals surface area contributed by atoms with Crippen molar-refractivity contribution in [3.05, 3.63) is 12.4 Å². The molecule has 0 aliphatic rings. The summed E-state index contributed by atoms with van der Waals surface area (Å²) in [4.78, 5) is 0. The van der Waals surface area contributed by atoms with Gasteiger partial charge in [0.15, 0.2) is 0 Å². The third kappa shape index (κ3) is 33.2. The van der Waals surface area contributed by atoms with Crippen LogP contribution in [-0.4, -0.2) is 7.05 Å². The van der Waals surface area contributed by atoms with Crippen LogP contribution >= 0.6 is 0 Å². The van der Waals surface area contributed by atoms with Crippen LogP contribution < -0.4 is 11.1 Å². The SMILES string of the molecule is CC.CN/C=C\N. The van der Waals surface area contributed by atoms with Crippen LogP contribution in [0.3, 0.4) is 0 Å². The number of rotatable bonds is 1. The average molecular weight is 102 g/mol. The van der Waals surface area contributed by atoms with E-state index >= 15 is 0 Å². The Bertz CT molecular complexity index is 33.1. The number of nitrogens with one attached hydrogen (secondary N) is 1. The highest BCUT2D eigenvalue weighted by molar-refractivity contribution is 4.68. The minimum absolute atomic E-state index is 1.44. The van der Waals surface area contributed by atoms with E-state index in [1.807, 2.05) is 13.8 Å². The van der Waals surface area contributed by atoms with Crippen LogP contribution in [0.4, 0.5) is 0 Å². The first-order valence-electron chi connectivity index (χ1n) is 2.46. The second-order valence-electron chi connectivity index (χ2n) is 0.648. The Morgan fingerprint density at radius 1 is 1.43 bits per heavy atom. The third-order valence-corrected chi connectivity index (χ3v) is 0.263. The van der Waals surface area contributed by atoms with Gasteiger partial charge in [-0.15, -0.1) is 0 Å². The summed E-state index contributed by atoms with van der Waals surface area (Å²) in [6.45, 7) is 4.00. The number of hydrogen-bond donors (Lipinski definition) is 2. The van der Waals surface area contributed by atoms with Gasteiger partial charge in [-0.1, -0.05) is 13.8 Å². The molecule has 0 saturated heterocycles. The van der Waals surface area contributed by atoms with Crippen LogP contribution in [0.5, 0.6) is 0 Å². The van der Waals surface area contributed by atoms with E-state index in [-0.39, 0.29) is 0 Å². The Morgan fingerprint density at radius 2 is 1.86 bits per heavy atom. The minimum atomic E-state index is 1.44. The van der Waals surface area contributed by atoms with Gasteiger partial charge in [-0.25, -0.2) is 0 Å². The van der Waals surface area contributed by atoms with E-state index in [1.54, 1.807) is 13.2 Å². The van der Waals surface area contributed by atoms with Gasteiger partial charge in [0.2, 0.25) is 0 Å². The molecule has 2 nitrogen and oxygen atoms in total. The molecule has 0 atom stereocenters. The lowest BCUT2D eigenvalue weighted by Gasteiger charge is -1.75.